The van der Waals surface area contributed by atoms with Crippen molar-refractivity contribution in [1.29, 1.82) is 0 Å². The number of aliphatic carboxylic acids is 1. The van der Waals surface area contributed by atoms with Crippen LogP contribution in [0.5, 0.6) is 0 Å². The summed E-state index contributed by atoms with van der Waals surface area (Å²) in [6.45, 7) is 3.31. The number of halogens is 2. The summed E-state index contributed by atoms with van der Waals surface area (Å²) in [4.78, 5) is 13.9. The zero-order chi connectivity index (χ0) is 15.7. The van der Waals surface area contributed by atoms with E-state index in [1.54, 1.807) is 6.07 Å². The molecule has 2 fully saturated rings. The number of nitrogens with zero attached hydrogens (tertiary/aromatic N) is 1. The van der Waals surface area contributed by atoms with Crippen molar-refractivity contribution in [3.05, 3.63) is 33.8 Å². The van der Waals surface area contributed by atoms with Crippen molar-refractivity contribution in [2.24, 2.45) is 11.3 Å². The molecule has 3 rings (SSSR count). The predicted molar refractivity (Wildman–Crippen MR) is 85.4 cm³/mol. The molecule has 0 amide bonds. The fourth-order valence-corrected chi connectivity index (χ4v) is 4.18. The second-order valence-electron chi connectivity index (χ2n) is 6.27. The predicted octanol–water partition coefficient (Wildman–Crippen LogP) is 3.31. The molecule has 1 aromatic carbocycles. The van der Waals surface area contributed by atoms with Crippen LogP contribution in [0.3, 0.4) is 0 Å². The van der Waals surface area contributed by atoms with Crippen molar-refractivity contribution in [3.8, 4) is 0 Å². The molecule has 0 unspecified atom stereocenters. The Balaban J connectivity index is 1.77. The number of rotatable bonds is 3. The summed E-state index contributed by atoms with van der Waals surface area (Å²) >= 11 is 12.2. The van der Waals surface area contributed by atoms with E-state index in [0.717, 1.165) is 24.9 Å². The van der Waals surface area contributed by atoms with Crippen molar-refractivity contribution >= 4 is 29.2 Å². The molecule has 0 aromatic heterocycles. The fraction of sp³-hybridized carbons (Fsp3) is 0.562. The van der Waals surface area contributed by atoms with Crippen LogP contribution in [0.1, 0.15) is 18.4 Å². The van der Waals surface area contributed by atoms with E-state index in [0.29, 0.717) is 36.3 Å². The van der Waals surface area contributed by atoms with Gasteiger partial charge in [0.1, 0.15) is 0 Å². The van der Waals surface area contributed by atoms with E-state index in [1.165, 1.54) is 0 Å². The number of benzene rings is 1. The molecule has 1 N–H and O–H groups in total. The van der Waals surface area contributed by atoms with Crippen molar-refractivity contribution < 1.29 is 14.6 Å². The third kappa shape index (κ3) is 3.11. The molecule has 2 heterocycles. The van der Waals surface area contributed by atoms with Crippen molar-refractivity contribution in [2.45, 2.75) is 19.4 Å². The van der Waals surface area contributed by atoms with Crippen LogP contribution in [0.4, 0.5) is 0 Å². The molecule has 0 aliphatic carbocycles. The number of ether oxygens (including phenoxy) is 1. The number of likely N-dealkylation sites (tertiary alicyclic amines) is 1. The first kappa shape index (κ1) is 16.1. The molecule has 0 saturated carbocycles. The highest BCUT2D eigenvalue weighted by Gasteiger charge is 2.50. The molecule has 22 heavy (non-hydrogen) atoms. The second-order valence-corrected chi connectivity index (χ2v) is 7.11. The molecule has 2 aliphatic heterocycles. The molecular weight excluding hydrogens is 325 g/mol. The van der Waals surface area contributed by atoms with Crippen molar-refractivity contribution in [3.63, 3.8) is 0 Å². The maximum Gasteiger partial charge on any atom is 0.308 e. The van der Waals surface area contributed by atoms with Gasteiger partial charge in [-0.25, -0.2) is 0 Å². The largest absolute Gasteiger partial charge is 0.481 e. The molecule has 120 valence electrons. The van der Waals surface area contributed by atoms with E-state index < -0.39 is 5.97 Å². The Morgan fingerprint density at radius 3 is 2.73 bits per heavy atom. The van der Waals surface area contributed by atoms with Crippen molar-refractivity contribution in [1.82, 2.24) is 4.90 Å². The van der Waals surface area contributed by atoms with Crippen LogP contribution in [0.25, 0.3) is 0 Å². The standard InChI is InChI=1S/C16H19Cl2NO3/c17-12-2-1-11(14(18)7-12)8-19-9-13(15(20)21)16(10-19)3-5-22-6-4-16/h1-2,7,13H,3-6,8-10H2,(H,20,21)/t13-/m1/s1. The monoisotopic (exact) mass is 343 g/mol. The van der Waals surface area contributed by atoms with Gasteiger partial charge < -0.3 is 9.84 Å². The average Bonchev–Trinajstić information content (AvgIpc) is 2.81. The molecule has 1 atom stereocenters. The lowest BCUT2D eigenvalue weighted by Gasteiger charge is -2.36. The first-order chi connectivity index (χ1) is 10.5. The number of hydrogen-bond acceptors (Lipinski definition) is 3. The van der Waals surface area contributed by atoms with Crippen LogP contribution >= 0.6 is 23.2 Å². The van der Waals surface area contributed by atoms with Gasteiger partial charge >= 0.3 is 5.97 Å². The summed E-state index contributed by atoms with van der Waals surface area (Å²) in [5.74, 6) is -1.03. The Kier molecular flexibility index (Phi) is 4.64. The van der Waals surface area contributed by atoms with Gasteiger partial charge in [-0.3, -0.25) is 9.69 Å². The molecule has 0 radical (unpaired) electrons. The normalized spacial score (nSPS) is 24.7. The number of carboxylic acid groups (broad SMARTS) is 1. The highest BCUT2D eigenvalue weighted by Crippen LogP contribution is 2.45. The Hall–Kier alpha value is -0.810. The van der Waals surface area contributed by atoms with Gasteiger partial charge in [0.05, 0.1) is 5.92 Å². The third-order valence-corrected chi connectivity index (χ3v) is 5.50. The van der Waals surface area contributed by atoms with E-state index >= 15 is 0 Å². The Bertz CT molecular complexity index is 573. The van der Waals surface area contributed by atoms with Crippen LogP contribution in [-0.2, 0) is 16.1 Å². The summed E-state index contributed by atoms with van der Waals surface area (Å²) in [7, 11) is 0. The van der Waals surface area contributed by atoms with Gasteiger partial charge in [0.15, 0.2) is 0 Å². The van der Waals surface area contributed by atoms with E-state index in [1.807, 2.05) is 12.1 Å². The topological polar surface area (TPSA) is 49.8 Å². The van der Waals surface area contributed by atoms with Gasteiger partial charge in [-0.1, -0.05) is 29.3 Å². The minimum atomic E-state index is -0.702. The Morgan fingerprint density at radius 2 is 2.09 bits per heavy atom. The van der Waals surface area contributed by atoms with E-state index in [-0.39, 0.29) is 11.3 Å². The summed E-state index contributed by atoms with van der Waals surface area (Å²) in [5, 5.41) is 10.8. The van der Waals surface area contributed by atoms with Gasteiger partial charge in [0.2, 0.25) is 0 Å². The molecular formula is C16H19Cl2NO3. The van der Waals surface area contributed by atoms with Crippen LogP contribution in [0.2, 0.25) is 10.0 Å². The zero-order valence-corrected chi connectivity index (χ0v) is 13.7. The minimum absolute atomic E-state index is 0.164. The van der Waals surface area contributed by atoms with Crippen LogP contribution in [0, 0.1) is 11.3 Å². The summed E-state index contributed by atoms with van der Waals surface area (Å²) in [5.41, 5.74) is 0.822. The maximum atomic E-state index is 11.7. The number of hydrogen-bond donors (Lipinski definition) is 1. The zero-order valence-electron chi connectivity index (χ0n) is 12.2. The fourth-order valence-electron chi connectivity index (χ4n) is 3.71. The second kappa shape index (κ2) is 6.36. The molecule has 1 aromatic rings. The molecule has 4 nitrogen and oxygen atoms in total. The van der Waals surface area contributed by atoms with E-state index in [4.69, 9.17) is 27.9 Å². The van der Waals surface area contributed by atoms with Gasteiger partial charge in [-0.05, 0) is 30.5 Å². The first-order valence-electron chi connectivity index (χ1n) is 7.47. The van der Waals surface area contributed by atoms with Gasteiger partial charge in [-0.2, -0.15) is 0 Å². The highest BCUT2D eigenvalue weighted by atomic mass is 35.5. The molecule has 2 saturated heterocycles. The minimum Gasteiger partial charge on any atom is -0.481 e. The van der Waals surface area contributed by atoms with Gasteiger partial charge in [-0.15, -0.1) is 0 Å². The summed E-state index contributed by atoms with van der Waals surface area (Å²) in [6.07, 6.45) is 1.63. The Labute approximate surface area is 140 Å². The summed E-state index contributed by atoms with van der Waals surface area (Å²) < 4.78 is 5.42. The third-order valence-electron chi connectivity index (χ3n) is 4.91. The van der Waals surface area contributed by atoms with E-state index in [2.05, 4.69) is 4.90 Å². The van der Waals surface area contributed by atoms with Crippen LogP contribution in [-0.4, -0.2) is 42.3 Å². The number of carboxylic acids is 1. The SMILES string of the molecule is O=C(O)[C@H]1CN(Cc2ccc(Cl)cc2Cl)CC12CCOCC2. The van der Waals surface area contributed by atoms with E-state index in [9.17, 15) is 9.90 Å². The lowest BCUT2D eigenvalue weighted by atomic mass is 9.72. The van der Waals surface area contributed by atoms with Crippen LogP contribution < -0.4 is 0 Å². The highest BCUT2D eigenvalue weighted by molar-refractivity contribution is 6.35. The lowest BCUT2D eigenvalue weighted by Crippen LogP contribution is -2.40. The summed E-state index contributed by atoms with van der Waals surface area (Å²) in [6, 6.07) is 5.46. The van der Waals surface area contributed by atoms with Gasteiger partial charge in [0.25, 0.3) is 0 Å². The molecule has 1 spiro atoms. The molecule has 0 bridgehead atoms. The number of carbonyl (C=O) groups is 1. The maximum absolute atomic E-state index is 11.7. The van der Waals surface area contributed by atoms with Gasteiger partial charge in [0, 0.05) is 48.3 Å². The van der Waals surface area contributed by atoms with Crippen molar-refractivity contribution in [2.75, 3.05) is 26.3 Å². The quantitative estimate of drug-likeness (QED) is 0.914. The molecule has 6 heteroatoms. The van der Waals surface area contributed by atoms with Crippen LogP contribution in [0.15, 0.2) is 18.2 Å². The average molecular weight is 344 g/mol. The Morgan fingerprint density at radius 1 is 1.36 bits per heavy atom. The smallest absolute Gasteiger partial charge is 0.308 e. The molecule has 2 aliphatic rings. The first-order valence-corrected chi connectivity index (χ1v) is 8.23. The lowest BCUT2D eigenvalue weighted by molar-refractivity contribution is -0.146.